The van der Waals surface area contributed by atoms with Crippen LogP contribution in [0.25, 0.3) is 5.57 Å². The summed E-state index contributed by atoms with van der Waals surface area (Å²) in [5, 5.41) is 3.78. The summed E-state index contributed by atoms with van der Waals surface area (Å²) in [6.07, 6.45) is 6.01. The highest BCUT2D eigenvalue weighted by atomic mass is 79.9. The van der Waals surface area contributed by atoms with E-state index in [0.717, 1.165) is 41.7 Å². The van der Waals surface area contributed by atoms with Gasteiger partial charge in [-0.3, -0.25) is 9.69 Å². The number of hydrogen-bond acceptors (Lipinski definition) is 4. The van der Waals surface area contributed by atoms with Crippen molar-refractivity contribution >= 4 is 56.2 Å². The molecule has 38 heavy (non-hydrogen) atoms. The van der Waals surface area contributed by atoms with Gasteiger partial charge < -0.3 is 10.2 Å². The van der Waals surface area contributed by atoms with Crippen molar-refractivity contribution in [2.45, 2.75) is 54.4 Å². The fraction of sp³-hybridized carbons (Fsp3) is 0.355. The van der Waals surface area contributed by atoms with E-state index in [-0.39, 0.29) is 5.91 Å². The molecule has 1 N–H and O–H groups in total. The van der Waals surface area contributed by atoms with Crippen LogP contribution in [0.3, 0.4) is 0 Å². The smallest absolute Gasteiger partial charge is 0.260 e. The topological polar surface area (TPSA) is 47.9 Å². The number of aliphatic imine (C=N–C) groups is 1. The lowest BCUT2D eigenvalue weighted by Gasteiger charge is -2.30. The summed E-state index contributed by atoms with van der Waals surface area (Å²) in [5.41, 5.74) is 4.17. The fourth-order valence-electron chi connectivity index (χ4n) is 4.20. The third-order valence-corrected chi connectivity index (χ3v) is 6.69. The van der Waals surface area contributed by atoms with E-state index in [0.29, 0.717) is 34.4 Å². The van der Waals surface area contributed by atoms with Crippen molar-refractivity contribution in [3.8, 4) is 0 Å². The van der Waals surface area contributed by atoms with Crippen LogP contribution in [0, 0.1) is 0 Å². The van der Waals surface area contributed by atoms with Crippen LogP contribution in [0.1, 0.15) is 59.9 Å². The Morgan fingerprint density at radius 3 is 2.26 bits per heavy atom. The molecule has 0 fully saturated rings. The molecular weight excluding hydrogens is 560 g/mol. The van der Waals surface area contributed by atoms with Crippen LogP contribution in [-0.2, 0) is 4.79 Å². The minimum absolute atomic E-state index is 0.143. The molecule has 0 unspecified atom stereocenters. The molecule has 7 heteroatoms. The first-order valence-electron chi connectivity index (χ1n) is 13.4. The minimum atomic E-state index is -0.143. The van der Waals surface area contributed by atoms with Gasteiger partial charge in [0.05, 0.1) is 0 Å². The Bertz CT molecular complexity index is 1190. The second-order valence-corrected chi connectivity index (χ2v) is 9.84. The van der Waals surface area contributed by atoms with Crippen LogP contribution in [-0.4, -0.2) is 36.3 Å². The van der Waals surface area contributed by atoms with Crippen LogP contribution < -0.4 is 10.2 Å². The highest BCUT2D eigenvalue weighted by Crippen LogP contribution is 2.33. The van der Waals surface area contributed by atoms with E-state index in [2.05, 4.69) is 58.7 Å². The molecule has 0 aliphatic carbocycles. The van der Waals surface area contributed by atoms with Gasteiger partial charge in [0.15, 0.2) is 0 Å². The third kappa shape index (κ3) is 7.84. The minimum Gasteiger partial charge on any atom is -0.372 e. The maximum absolute atomic E-state index is 13.4. The number of allylic oxidation sites excluding steroid dienone is 1. The third-order valence-electron chi connectivity index (χ3n) is 5.89. The number of nitrogens with one attached hydrogen (secondary N) is 1. The van der Waals surface area contributed by atoms with Gasteiger partial charge >= 0.3 is 0 Å². The average Bonchev–Trinajstić information content (AvgIpc) is 2.91. The molecular formula is C31H40BrClN4O. The molecule has 0 saturated heterocycles. The fourth-order valence-corrected chi connectivity index (χ4v) is 4.97. The Hall–Kier alpha value is -2.83. The van der Waals surface area contributed by atoms with Crippen molar-refractivity contribution in [1.29, 1.82) is 0 Å². The molecule has 1 amide bonds. The van der Waals surface area contributed by atoms with Gasteiger partial charge in [0, 0.05) is 57.2 Å². The van der Waals surface area contributed by atoms with Crippen molar-refractivity contribution in [2.75, 3.05) is 29.9 Å². The van der Waals surface area contributed by atoms with Crippen LogP contribution >= 0.6 is 27.5 Å². The van der Waals surface area contributed by atoms with E-state index >= 15 is 0 Å². The Labute approximate surface area is 242 Å². The summed E-state index contributed by atoms with van der Waals surface area (Å²) in [5.74, 6) is 0.879. The molecule has 0 radical (unpaired) electrons. The number of hydrogen-bond donors (Lipinski definition) is 1. The number of rotatable bonds is 10. The molecule has 0 bridgehead atoms. The number of likely N-dealkylation sites (N-methyl/N-ethyl adjacent to an activating group) is 1. The summed E-state index contributed by atoms with van der Waals surface area (Å²) >= 11 is 9.89. The van der Waals surface area contributed by atoms with Gasteiger partial charge in [0.25, 0.3) is 5.91 Å². The van der Waals surface area contributed by atoms with Crippen molar-refractivity contribution in [2.24, 2.45) is 4.99 Å². The second kappa shape index (κ2) is 15.6. The standard InChI is InChI=1S/C29H34BrClN4O.C2H6/c1-6-16-34(17-7-2)24-13-11-23(12-14-24)32-20(5)33-28-21(8-3)18-26(29(36)35(28)9-4)25-15-10-22(30)19-27(25)31;1-2/h8,10-15,18-19,32H,5-7,9,16-17H2,1-4H3;1-2H3/b21-8-,33-28+;. The summed E-state index contributed by atoms with van der Waals surface area (Å²) in [6, 6.07) is 13.8. The van der Waals surface area contributed by atoms with Gasteiger partial charge in [-0.2, -0.15) is 0 Å². The van der Waals surface area contributed by atoms with E-state index < -0.39 is 0 Å². The molecule has 5 nitrogen and oxygen atoms in total. The highest BCUT2D eigenvalue weighted by molar-refractivity contribution is 9.10. The molecule has 3 rings (SSSR count). The van der Waals surface area contributed by atoms with Gasteiger partial charge in [-0.15, -0.1) is 0 Å². The quantitative estimate of drug-likeness (QED) is 0.297. The normalized spacial score (nSPS) is 15.2. The summed E-state index contributed by atoms with van der Waals surface area (Å²) in [4.78, 5) is 22.2. The lowest BCUT2D eigenvalue weighted by atomic mass is 9.96. The number of anilines is 2. The van der Waals surface area contributed by atoms with Gasteiger partial charge in [0.2, 0.25) is 0 Å². The Morgan fingerprint density at radius 2 is 1.74 bits per heavy atom. The molecule has 1 heterocycles. The molecule has 0 spiro atoms. The monoisotopic (exact) mass is 598 g/mol. The molecule has 204 valence electrons. The maximum Gasteiger partial charge on any atom is 0.260 e. The molecule has 1 aliphatic heterocycles. The first-order valence-corrected chi connectivity index (χ1v) is 14.5. The predicted molar refractivity (Wildman–Crippen MR) is 169 cm³/mol. The van der Waals surface area contributed by atoms with Gasteiger partial charge in [-0.25, -0.2) is 4.99 Å². The molecule has 1 aliphatic rings. The van der Waals surface area contributed by atoms with Crippen LogP contribution in [0.4, 0.5) is 11.4 Å². The second-order valence-electron chi connectivity index (χ2n) is 8.52. The number of amides is 1. The van der Waals surface area contributed by atoms with Crippen LogP contribution in [0.15, 0.2) is 82.1 Å². The number of amidine groups is 1. The highest BCUT2D eigenvalue weighted by Gasteiger charge is 2.30. The van der Waals surface area contributed by atoms with E-state index in [9.17, 15) is 4.79 Å². The number of halogens is 2. The largest absolute Gasteiger partial charge is 0.372 e. The summed E-state index contributed by atoms with van der Waals surface area (Å²) < 4.78 is 0.861. The van der Waals surface area contributed by atoms with Gasteiger partial charge in [-0.1, -0.05) is 73.9 Å². The predicted octanol–water partition coefficient (Wildman–Crippen LogP) is 8.93. The maximum atomic E-state index is 13.4. The van der Waals surface area contributed by atoms with E-state index in [1.54, 1.807) is 11.0 Å². The molecule has 2 aromatic carbocycles. The van der Waals surface area contributed by atoms with Crippen molar-refractivity contribution in [3.05, 3.63) is 87.6 Å². The molecule has 2 aromatic rings. The zero-order valence-corrected chi connectivity index (χ0v) is 25.8. The molecule has 0 aromatic heterocycles. The zero-order valence-electron chi connectivity index (χ0n) is 23.4. The number of nitrogens with zero attached hydrogens (tertiary/aromatic N) is 3. The Morgan fingerprint density at radius 1 is 1.11 bits per heavy atom. The lowest BCUT2D eigenvalue weighted by Crippen LogP contribution is -2.41. The van der Waals surface area contributed by atoms with E-state index in [1.807, 2.05) is 64.1 Å². The van der Waals surface area contributed by atoms with Crippen molar-refractivity contribution in [3.63, 3.8) is 0 Å². The Kier molecular flexibility index (Phi) is 12.8. The SMILES string of the molecule is C=C(/N=C1\C(=C/C)C=C(c2ccc(Br)cc2Cl)C(=O)N1CC)Nc1ccc(N(CCC)CCC)cc1.CC. The zero-order chi connectivity index (χ0) is 28.2. The van der Waals surface area contributed by atoms with Crippen LogP contribution in [0.2, 0.25) is 5.02 Å². The number of benzene rings is 2. The van der Waals surface area contributed by atoms with Gasteiger partial charge in [-0.05, 0) is 69.2 Å². The van der Waals surface area contributed by atoms with Crippen molar-refractivity contribution in [1.82, 2.24) is 4.90 Å². The Balaban J connectivity index is 0.00000247. The lowest BCUT2D eigenvalue weighted by molar-refractivity contribution is -0.121. The number of carbonyl (C=O) groups excluding carboxylic acids is 1. The van der Waals surface area contributed by atoms with E-state index in [1.165, 1.54) is 5.69 Å². The summed E-state index contributed by atoms with van der Waals surface area (Å²) in [7, 11) is 0. The molecule has 0 atom stereocenters. The number of carbonyl (C=O) groups is 1. The first-order chi connectivity index (χ1) is 18.3. The summed E-state index contributed by atoms with van der Waals surface area (Å²) in [6.45, 7) is 18.9. The first kappa shape index (κ1) is 31.4. The van der Waals surface area contributed by atoms with Crippen LogP contribution in [0.5, 0.6) is 0 Å². The van der Waals surface area contributed by atoms with E-state index in [4.69, 9.17) is 16.6 Å². The average molecular weight is 600 g/mol. The van der Waals surface area contributed by atoms with Crippen molar-refractivity contribution < 1.29 is 4.79 Å². The molecule has 0 saturated carbocycles. The van der Waals surface area contributed by atoms with Gasteiger partial charge in [0.1, 0.15) is 11.7 Å².